The number of nitrogens with zero attached hydrogens (tertiary/aromatic N) is 1. The lowest BCUT2D eigenvalue weighted by Gasteiger charge is -2.12. The van der Waals surface area contributed by atoms with Gasteiger partial charge in [-0.2, -0.15) is 8.78 Å². The van der Waals surface area contributed by atoms with Crippen LogP contribution in [0.25, 0.3) is 0 Å². The minimum atomic E-state index is -3.78. The van der Waals surface area contributed by atoms with Crippen LogP contribution in [-0.2, 0) is 18.5 Å². The first-order valence-electron chi connectivity index (χ1n) is 10.3. The Morgan fingerprint density at radius 2 is 1.58 bits per heavy atom. The van der Waals surface area contributed by atoms with E-state index in [1.54, 1.807) is 32.4 Å². The summed E-state index contributed by atoms with van der Waals surface area (Å²) in [6, 6.07) is 9.74. The number of aromatic nitrogens is 1. The minimum absolute atomic E-state index is 0.0240. The Morgan fingerprint density at radius 1 is 1.06 bits per heavy atom. The number of pyridine rings is 1. The molecule has 0 spiro atoms. The fourth-order valence-electron chi connectivity index (χ4n) is 3.48. The Kier molecular flexibility index (Phi) is 9.29. The molecular weight excluding hydrogens is 557 g/mol. The maximum absolute atomic E-state index is 13.2. The zero-order valence-electron chi connectivity index (χ0n) is 19.3. The Balaban J connectivity index is 0.000000221. The molecule has 192 valence electrons. The van der Waals surface area contributed by atoms with Gasteiger partial charge in [0.05, 0.1) is 29.8 Å². The molecule has 6 nitrogen and oxygen atoms in total. The Morgan fingerprint density at radius 3 is 2.03 bits per heavy atom. The normalized spacial score (nSPS) is 13.0. The molecule has 36 heavy (non-hydrogen) atoms. The highest BCUT2D eigenvalue weighted by molar-refractivity contribution is 7.99. The van der Waals surface area contributed by atoms with E-state index in [-0.39, 0.29) is 26.8 Å². The Hall–Kier alpha value is -2.30. The predicted molar refractivity (Wildman–Crippen MR) is 137 cm³/mol. The lowest BCUT2D eigenvalue weighted by atomic mass is 10.1. The zero-order chi connectivity index (χ0) is 26.6. The van der Waals surface area contributed by atoms with Crippen molar-refractivity contribution in [3.8, 4) is 11.5 Å². The minimum Gasteiger partial charge on any atom is -0.493 e. The first kappa shape index (κ1) is 28.3. The van der Waals surface area contributed by atoms with E-state index in [0.717, 1.165) is 42.4 Å². The van der Waals surface area contributed by atoms with Crippen molar-refractivity contribution < 1.29 is 23.0 Å². The fourth-order valence-corrected chi connectivity index (χ4v) is 5.19. The molecular formula is C24H21Cl3F2N2O4S. The number of hydrogen-bond acceptors (Lipinski definition) is 6. The number of halogens is 5. The highest BCUT2D eigenvalue weighted by Crippen LogP contribution is 2.41. The van der Waals surface area contributed by atoms with Gasteiger partial charge >= 0.3 is 5.38 Å². The van der Waals surface area contributed by atoms with Crippen LogP contribution in [0, 0.1) is 0 Å². The highest BCUT2D eigenvalue weighted by Gasteiger charge is 2.31. The standard InChI is InChI=1S/C13H6Cl3F2NO2S.C11H15NO2/c14-7-2-1-3-8(15)11(7)22-9-4-10(13(16,17)18)19-12(21)6(9)5-20;1-12-6-8-4-10(13-2)11(14-3)5-9(8)7-12/h1-5H,(H,19,21);4-5H,6-7H2,1-3H3. The quantitative estimate of drug-likeness (QED) is 0.264. The second-order valence-electron chi connectivity index (χ2n) is 7.71. The number of rotatable bonds is 6. The maximum atomic E-state index is 13.2. The number of fused-ring (bicyclic) bond motifs is 1. The number of hydrogen-bond donors (Lipinski definition) is 1. The maximum Gasteiger partial charge on any atom is 0.362 e. The zero-order valence-corrected chi connectivity index (χ0v) is 22.4. The molecule has 1 N–H and O–H groups in total. The SMILES string of the molecule is COc1cc2c(cc1OC)CN(C)C2.O=Cc1c(Sc2c(Cl)cccc2Cl)cc(C(F)(F)Cl)[nH]c1=O. The first-order valence-corrected chi connectivity index (χ1v) is 12.3. The molecule has 0 atom stereocenters. The number of H-pyrrole nitrogens is 1. The molecule has 1 aliphatic rings. The molecule has 0 aliphatic carbocycles. The average Bonchev–Trinajstić information content (AvgIpc) is 3.19. The van der Waals surface area contributed by atoms with E-state index in [1.807, 2.05) is 4.98 Å². The molecule has 0 saturated carbocycles. The summed E-state index contributed by atoms with van der Waals surface area (Å²) in [6.45, 7) is 1.99. The van der Waals surface area contributed by atoms with E-state index in [0.29, 0.717) is 4.90 Å². The van der Waals surface area contributed by atoms with E-state index >= 15 is 0 Å². The van der Waals surface area contributed by atoms with Gasteiger partial charge in [-0.05, 0) is 60.1 Å². The van der Waals surface area contributed by atoms with Gasteiger partial charge in [0.1, 0.15) is 5.69 Å². The summed E-state index contributed by atoms with van der Waals surface area (Å²) >= 11 is 17.7. The van der Waals surface area contributed by atoms with Crippen LogP contribution < -0.4 is 15.0 Å². The van der Waals surface area contributed by atoms with Gasteiger partial charge in [-0.15, -0.1) is 0 Å². The number of aromatic amines is 1. The largest absolute Gasteiger partial charge is 0.493 e. The molecule has 0 saturated heterocycles. The summed E-state index contributed by atoms with van der Waals surface area (Å²) in [5, 5.41) is -3.26. The summed E-state index contributed by atoms with van der Waals surface area (Å²) < 4.78 is 36.9. The number of methoxy groups -OCH3 is 2. The molecule has 0 amide bonds. The van der Waals surface area contributed by atoms with Crippen molar-refractivity contribution >= 4 is 52.9 Å². The van der Waals surface area contributed by atoms with Gasteiger partial charge in [0.2, 0.25) is 0 Å². The third-order valence-electron chi connectivity index (χ3n) is 5.17. The van der Waals surface area contributed by atoms with Crippen molar-refractivity contribution in [1.29, 1.82) is 0 Å². The van der Waals surface area contributed by atoms with Crippen LogP contribution in [0.5, 0.6) is 11.5 Å². The molecule has 2 heterocycles. The van der Waals surface area contributed by atoms with Crippen molar-refractivity contribution in [2.45, 2.75) is 28.3 Å². The molecule has 0 unspecified atom stereocenters. The predicted octanol–water partition coefficient (Wildman–Crippen LogP) is 6.58. The van der Waals surface area contributed by atoms with Crippen LogP contribution in [0.4, 0.5) is 8.78 Å². The number of nitrogens with one attached hydrogen (secondary N) is 1. The van der Waals surface area contributed by atoms with E-state index < -0.39 is 16.6 Å². The van der Waals surface area contributed by atoms with Gasteiger partial charge in [0.15, 0.2) is 17.8 Å². The molecule has 12 heteroatoms. The second kappa shape index (κ2) is 11.8. The van der Waals surface area contributed by atoms with Crippen molar-refractivity contribution in [2.24, 2.45) is 0 Å². The van der Waals surface area contributed by atoms with Crippen molar-refractivity contribution in [3.63, 3.8) is 0 Å². The number of carbonyl (C=O) groups excluding carboxylic acids is 1. The number of ether oxygens (including phenoxy) is 2. The third-order valence-corrected chi connectivity index (χ3v) is 7.43. The Bertz CT molecular complexity index is 1280. The Labute approximate surface area is 225 Å². The van der Waals surface area contributed by atoms with Crippen LogP contribution in [-0.4, -0.2) is 37.4 Å². The van der Waals surface area contributed by atoms with Crippen LogP contribution in [0.2, 0.25) is 10.0 Å². The lowest BCUT2D eigenvalue weighted by molar-refractivity contribution is 0.0891. The van der Waals surface area contributed by atoms with Crippen LogP contribution in [0.3, 0.4) is 0 Å². The fraction of sp³-hybridized carbons (Fsp3) is 0.250. The monoisotopic (exact) mass is 576 g/mol. The van der Waals surface area contributed by atoms with Crippen LogP contribution in [0.1, 0.15) is 27.2 Å². The van der Waals surface area contributed by atoms with E-state index in [2.05, 4.69) is 24.1 Å². The van der Waals surface area contributed by atoms with Crippen molar-refractivity contribution in [2.75, 3.05) is 21.3 Å². The van der Waals surface area contributed by atoms with E-state index in [1.165, 1.54) is 11.1 Å². The number of alkyl halides is 3. The number of benzene rings is 2. The molecule has 0 bridgehead atoms. The van der Waals surface area contributed by atoms with E-state index in [4.69, 9.17) is 44.3 Å². The first-order chi connectivity index (χ1) is 17.0. The van der Waals surface area contributed by atoms with Crippen LogP contribution in [0.15, 0.2) is 51.0 Å². The molecule has 4 rings (SSSR count). The van der Waals surface area contributed by atoms with Gasteiger partial charge in [0, 0.05) is 22.9 Å². The smallest absolute Gasteiger partial charge is 0.362 e. The second-order valence-corrected chi connectivity index (χ2v) is 10.0. The van der Waals surface area contributed by atoms with Gasteiger partial charge < -0.3 is 14.5 Å². The molecule has 2 aromatic carbocycles. The summed E-state index contributed by atoms with van der Waals surface area (Å²) in [5.74, 6) is 1.64. The molecule has 1 aliphatic heterocycles. The highest BCUT2D eigenvalue weighted by atomic mass is 35.5. The molecule has 0 radical (unpaired) electrons. The average molecular weight is 578 g/mol. The van der Waals surface area contributed by atoms with Gasteiger partial charge in [0.25, 0.3) is 5.56 Å². The number of aldehydes is 1. The number of carbonyl (C=O) groups is 1. The van der Waals surface area contributed by atoms with Crippen molar-refractivity contribution in [1.82, 2.24) is 9.88 Å². The van der Waals surface area contributed by atoms with Crippen LogP contribution >= 0.6 is 46.6 Å². The van der Waals surface area contributed by atoms with Crippen molar-refractivity contribution in [3.05, 3.63) is 79.2 Å². The van der Waals surface area contributed by atoms with E-state index in [9.17, 15) is 18.4 Å². The summed E-state index contributed by atoms with van der Waals surface area (Å²) in [4.78, 5) is 27.2. The lowest BCUT2D eigenvalue weighted by Crippen LogP contribution is -2.20. The summed E-state index contributed by atoms with van der Waals surface area (Å²) in [6.07, 6.45) is 0.266. The van der Waals surface area contributed by atoms with Gasteiger partial charge in [-0.25, -0.2) is 0 Å². The third kappa shape index (κ3) is 6.52. The topological polar surface area (TPSA) is 71.6 Å². The van der Waals surface area contributed by atoms with Gasteiger partial charge in [-0.3, -0.25) is 14.5 Å². The molecule has 0 fully saturated rings. The summed E-state index contributed by atoms with van der Waals surface area (Å²) in [7, 11) is 5.45. The molecule has 3 aromatic rings. The van der Waals surface area contributed by atoms with Gasteiger partial charge in [-0.1, -0.05) is 41.0 Å². The summed E-state index contributed by atoms with van der Waals surface area (Å²) in [5.41, 5.74) is 0.565. The molecule has 1 aromatic heterocycles.